The fraction of sp³-hybridized carbons (Fsp3) is 0.500. The summed E-state index contributed by atoms with van der Waals surface area (Å²) in [6.45, 7) is 3.41. The lowest BCUT2D eigenvalue weighted by atomic mass is 10.4. The highest BCUT2D eigenvalue weighted by atomic mass is 32.2. The second-order valence-corrected chi connectivity index (χ2v) is 5.05. The molecule has 0 saturated heterocycles. The van der Waals surface area contributed by atoms with E-state index in [1.165, 1.54) is 13.2 Å². The van der Waals surface area contributed by atoms with Gasteiger partial charge in [0.15, 0.2) is 11.3 Å². The Morgan fingerprint density at radius 2 is 2.13 bits per heavy atom. The minimum atomic E-state index is -3.67. The van der Waals surface area contributed by atoms with Crippen molar-refractivity contribution in [2.45, 2.75) is 24.9 Å². The van der Waals surface area contributed by atoms with E-state index in [1.807, 2.05) is 0 Å². The predicted molar refractivity (Wildman–Crippen MR) is 54.1 cm³/mol. The molecule has 0 aromatic carbocycles. The zero-order chi connectivity index (χ0) is 11.6. The van der Waals surface area contributed by atoms with Crippen LogP contribution in [0, 0.1) is 0 Å². The lowest BCUT2D eigenvalue weighted by Crippen LogP contribution is -2.32. The average Bonchev–Trinajstić information content (AvgIpc) is 2.44. The van der Waals surface area contributed by atoms with Crippen LogP contribution in [0.1, 0.15) is 24.2 Å². The van der Waals surface area contributed by atoms with Gasteiger partial charge in [0.05, 0.1) is 11.8 Å². The molecule has 0 radical (unpaired) electrons. The van der Waals surface area contributed by atoms with Crippen molar-refractivity contribution < 1.29 is 13.2 Å². The molecule has 0 fully saturated rings. The van der Waals surface area contributed by atoms with E-state index >= 15 is 0 Å². The first-order valence-corrected chi connectivity index (χ1v) is 5.86. The zero-order valence-electron chi connectivity index (χ0n) is 8.76. The number of aryl methyl sites for hydroxylation is 1. The average molecular weight is 231 g/mol. The third kappa shape index (κ3) is 2.42. The van der Waals surface area contributed by atoms with Gasteiger partial charge in [-0.3, -0.25) is 9.48 Å². The predicted octanol–water partition coefficient (Wildman–Crippen LogP) is -0.0807. The standard InChI is InChI=1S/C8H13N3O3S/c1-6(2)10-15(13,14)8-7(5-12)4-9-11(8)3/h4-6,10H,1-3H3. The Hall–Kier alpha value is -1.21. The van der Waals surface area contributed by atoms with Crippen LogP contribution >= 0.6 is 0 Å². The van der Waals surface area contributed by atoms with Gasteiger partial charge in [0, 0.05) is 13.1 Å². The van der Waals surface area contributed by atoms with Crippen molar-refractivity contribution in [3.05, 3.63) is 11.8 Å². The first-order valence-electron chi connectivity index (χ1n) is 4.38. The van der Waals surface area contributed by atoms with Gasteiger partial charge in [-0.25, -0.2) is 13.1 Å². The highest BCUT2D eigenvalue weighted by Gasteiger charge is 2.23. The Kier molecular flexibility index (Phi) is 3.25. The first kappa shape index (κ1) is 11.9. The number of aromatic nitrogens is 2. The minimum absolute atomic E-state index is 0.0608. The Balaban J connectivity index is 3.25. The lowest BCUT2D eigenvalue weighted by Gasteiger charge is -2.09. The molecule has 0 aliphatic rings. The van der Waals surface area contributed by atoms with E-state index in [4.69, 9.17) is 0 Å². The van der Waals surface area contributed by atoms with E-state index in [2.05, 4.69) is 9.82 Å². The second kappa shape index (κ2) is 4.11. The van der Waals surface area contributed by atoms with Crippen molar-refractivity contribution in [2.75, 3.05) is 0 Å². The number of rotatable bonds is 4. The summed E-state index contributed by atoms with van der Waals surface area (Å²) in [4.78, 5) is 10.6. The molecule has 1 heterocycles. The summed E-state index contributed by atoms with van der Waals surface area (Å²) >= 11 is 0. The fourth-order valence-electron chi connectivity index (χ4n) is 1.22. The molecule has 1 N–H and O–H groups in total. The monoisotopic (exact) mass is 231 g/mol. The Labute approximate surface area is 88.3 Å². The van der Waals surface area contributed by atoms with E-state index < -0.39 is 10.0 Å². The van der Waals surface area contributed by atoms with E-state index in [-0.39, 0.29) is 16.6 Å². The van der Waals surface area contributed by atoms with Gasteiger partial charge in [0.2, 0.25) is 0 Å². The van der Waals surface area contributed by atoms with Crippen LogP contribution in [0.2, 0.25) is 0 Å². The third-order valence-electron chi connectivity index (χ3n) is 1.68. The van der Waals surface area contributed by atoms with E-state index in [0.29, 0.717) is 6.29 Å². The summed E-state index contributed by atoms with van der Waals surface area (Å²) in [5.74, 6) is 0. The molecule has 7 heteroatoms. The van der Waals surface area contributed by atoms with Gasteiger partial charge in [-0.2, -0.15) is 5.10 Å². The van der Waals surface area contributed by atoms with Crippen LogP contribution in [0.4, 0.5) is 0 Å². The summed E-state index contributed by atoms with van der Waals surface area (Å²) in [5.41, 5.74) is 0.0608. The third-order valence-corrected chi connectivity index (χ3v) is 3.47. The number of aldehydes is 1. The lowest BCUT2D eigenvalue weighted by molar-refractivity contribution is 0.112. The number of nitrogens with one attached hydrogen (secondary N) is 1. The molecule has 1 rings (SSSR count). The molecule has 0 saturated carbocycles. The van der Waals surface area contributed by atoms with E-state index in [0.717, 1.165) is 4.68 Å². The van der Waals surface area contributed by atoms with Crippen molar-refractivity contribution in [1.29, 1.82) is 0 Å². The van der Waals surface area contributed by atoms with Crippen LogP contribution in [0.25, 0.3) is 0 Å². The molecule has 6 nitrogen and oxygen atoms in total. The van der Waals surface area contributed by atoms with Crippen molar-refractivity contribution in [3.63, 3.8) is 0 Å². The maximum Gasteiger partial charge on any atom is 0.258 e. The molecular formula is C8H13N3O3S. The normalized spacial score (nSPS) is 12.0. The minimum Gasteiger partial charge on any atom is -0.298 e. The summed E-state index contributed by atoms with van der Waals surface area (Å²) in [5, 5.41) is 3.62. The summed E-state index contributed by atoms with van der Waals surface area (Å²) in [6, 6.07) is -0.232. The molecule has 84 valence electrons. The number of carbonyl (C=O) groups excluding carboxylic acids is 1. The molecule has 0 unspecified atom stereocenters. The van der Waals surface area contributed by atoms with Gasteiger partial charge >= 0.3 is 0 Å². The molecule has 0 atom stereocenters. The van der Waals surface area contributed by atoms with Gasteiger partial charge in [0.1, 0.15) is 0 Å². The zero-order valence-corrected chi connectivity index (χ0v) is 9.58. The van der Waals surface area contributed by atoms with Crippen molar-refractivity contribution in [1.82, 2.24) is 14.5 Å². The molecule has 0 aliphatic carbocycles. The van der Waals surface area contributed by atoms with Gasteiger partial charge in [-0.1, -0.05) is 0 Å². The number of sulfonamides is 1. The quantitative estimate of drug-likeness (QED) is 0.735. The van der Waals surface area contributed by atoms with Crippen LogP contribution in [0.15, 0.2) is 11.2 Å². The van der Waals surface area contributed by atoms with Gasteiger partial charge in [-0.05, 0) is 13.8 Å². The van der Waals surface area contributed by atoms with Crippen molar-refractivity contribution in [2.24, 2.45) is 7.05 Å². The first-order chi connectivity index (χ1) is 6.88. The highest BCUT2D eigenvalue weighted by molar-refractivity contribution is 7.89. The largest absolute Gasteiger partial charge is 0.298 e. The number of nitrogens with zero attached hydrogens (tertiary/aromatic N) is 2. The number of hydrogen-bond acceptors (Lipinski definition) is 4. The fourth-order valence-corrected chi connectivity index (χ4v) is 2.76. The van der Waals surface area contributed by atoms with E-state index in [9.17, 15) is 13.2 Å². The molecule has 0 bridgehead atoms. The Bertz CT molecular complexity index is 461. The molecule has 0 amide bonds. The topological polar surface area (TPSA) is 81.1 Å². The molecule has 15 heavy (non-hydrogen) atoms. The second-order valence-electron chi connectivity index (χ2n) is 3.42. The Morgan fingerprint density at radius 3 is 2.60 bits per heavy atom. The maximum atomic E-state index is 11.8. The molecule has 0 spiro atoms. The number of carbonyl (C=O) groups is 1. The Morgan fingerprint density at radius 1 is 1.53 bits per heavy atom. The smallest absolute Gasteiger partial charge is 0.258 e. The van der Waals surface area contributed by atoms with E-state index in [1.54, 1.807) is 13.8 Å². The van der Waals surface area contributed by atoms with Crippen LogP contribution < -0.4 is 4.72 Å². The van der Waals surface area contributed by atoms with Gasteiger partial charge in [-0.15, -0.1) is 0 Å². The van der Waals surface area contributed by atoms with Crippen LogP contribution in [0.5, 0.6) is 0 Å². The molecular weight excluding hydrogens is 218 g/mol. The van der Waals surface area contributed by atoms with Crippen molar-refractivity contribution >= 4 is 16.3 Å². The van der Waals surface area contributed by atoms with Crippen molar-refractivity contribution in [3.8, 4) is 0 Å². The highest BCUT2D eigenvalue weighted by Crippen LogP contribution is 2.12. The number of hydrogen-bond donors (Lipinski definition) is 1. The van der Waals surface area contributed by atoms with Crippen LogP contribution in [-0.2, 0) is 17.1 Å². The van der Waals surface area contributed by atoms with Gasteiger partial charge < -0.3 is 0 Å². The molecule has 1 aromatic heterocycles. The maximum absolute atomic E-state index is 11.8. The summed E-state index contributed by atoms with van der Waals surface area (Å²) in [6.07, 6.45) is 1.70. The SMILES string of the molecule is CC(C)NS(=O)(=O)c1c(C=O)cnn1C. The molecule has 0 aliphatic heterocycles. The van der Waals surface area contributed by atoms with Gasteiger partial charge in [0.25, 0.3) is 10.0 Å². The summed E-state index contributed by atoms with van der Waals surface area (Å²) < 4.78 is 27.1. The van der Waals surface area contributed by atoms with Crippen LogP contribution in [-0.4, -0.2) is 30.5 Å². The molecule has 1 aromatic rings. The summed E-state index contributed by atoms with van der Waals surface area (Å²) in [7, 11) is -2.20. The van der Waals surface area contributed by atoms with Crippen LogP contribution in [0.3, 0.4) is 0 Å².